The number of hydrogen-bond donors (Lipinski definition) is 3. The number of urea groups is 1. The molecule has 0 saturated carbocycles. The van der Waals surface area contributed by atoms with Gasteiger partial charge in [0.05, 0.1) is 30.8 Å². The summed E-state index contributed by atoms with van der Waals surface area (Å²) in [6, 6.07) is 3.40. The molecule has 0 radical (unpaired) electrons. The van der Waals surface area contributed by atoms with Crippen molar-refractivity contribution in [2.45, 2.75) is 44.4 Å². The molecule has 39 heavy (non-hydrogen) atoms. The highest BCUT2D eigenvalue weighted by molar-refractivity contribution is 6.30. The van der Waals surface area contributed by atoms with Crippen LogP contribution in [0.5, 0.6) is 0 Å². The number of benzene rings is 1. The third kappa shape index (κ3) is 8.20. The van der Waals surface area contributed by atoms with Crippen LogP contribution >= 0.6 is 11.6 Å². The number of methoxy groups -OCH3 is 1. The maximum absolute atomic E-state index is 14.1. The summed E-state index contributed by atoms with van der Waals surface area (Å²) in [7, 11) is 1.36. The van der Waals surface area contributed by atoms with E-state index in [1.165, 1.54) is 37.6 Å². The lowest BCUT2D eigenvalue weighted by molar-refractivity contribution is -0.118. The van der Waals surface area contributed by atoms with Gasteiger partial charge >= 0.3 is 12.1 Å². The molecule has 14 heteroatoms. The number of alkyl halides is 2. The Morgan fingerprint density at radius 2 is 1.95 bits per heavy atom. The van der Waals surface area contributed by atoms with Crippen LogP contribution in [0.2, 0.25) is 5.02 Å². The van der Waals surface area contributed by atoms with Gasteiger partial charge in [-0.05, 0) is 56.2 Å². The maximum atomic E-state index is 14.1. The topological polar surface area (TPSA) is 122 Å². The first-order chi connectivity index (χ1) is 18.2. The molecule has 0 unspecified atom stereocenters. The van der Waals surface area contributed by atoms with Crippen molar-refractivity contribution in [1.82, 2.24) is 20.5 Å². The Labute approximate surface area is 228 Å². The molecule has 2 aromatic rings. The standard InChI is InChI=1S/C25H29ClF3N5O5/c1-24(2,3)39-23(37)33-20(15-5-6-17(27)16(26)9-15)21(35)32-19-10-14(7-8-30-19)18(11-38-4)34-13-25(28,29)12-31-22(34)36/h5-10,18,20H,11-13H2,1-4H3,(H,31,36)(H,33,37)(H,30,32,35)/t18-,20+/m1/s1. The van der Waals surface area contributed by atoms with Crippen molar-refractivity contribution < 1.29 is 37.0 Å². The van der Waals surface area contributed by atoms with Gasteiger partial charge < -0.3 is 30.3 Å². The molecule has 0 aliphatic carbocycles. The van der Waals surface area contributed by atoms with Crippen molar-refractivity contribution >= 4 is 35.5 Å². The second kappa shape index (κ2) is 12.1. The molecule has 212 valence electrons. The molecule has 1 aromatic heterocycles. The van der Waals surface area contributed by atoms with Crippen molar-refractivity contribution in [3.05, 3.63) is 58.5 Å². The van der Waals surface area contributed by atoms with Crippen LogP contribution < -0.4 is 16.0 Å². The van der Waals surface area contributed by atoms with Crippen LogP contribution in [0.25, 0.3) is 0 Å². The van der Waals surface area contributed by atoms with E-state index in [0.29, 0.717) is 5.56 Å². The third-order valence-electron chi connectivity index (χ3n) is 5.48. The number of anilines is 1. The van der Waals surface area contributed by atoms with Crippen molar-refractivity contribution in [3.63, 3.8) is 0 Å². The van der Waals surface area contributed by atoms with Crippen molar-refractivity contribution in [2.24, 2.45) is 0 Å². The van der Waals surface area contributed by atoms with E-state index in [1.54, 1.807) is 20.8 Å². The lowest BCUT2D eigenvalue weighted by Gasteiger charge is -2.38. The molecule has 0 spiro atoms. The molecular formula is C25H29ClF3N5O5. The quantitative estimate of drug-likeness (QED) is 0.431. The molecule has 4 amide bonds. The zero-order chi connectivity index (χ0) is 29.0. The van der Waals surface area contributed by atoms with E-state index in [-0.39, 0.29) is 23.0 Å². The van der Waals surface area contributed by atoms with E-state index < -0.39 is 60.5 Å². The van der Waals surface area contributed by atoms with Gasteiger partial charge in [-0.15, -0.1) is 0 Å². The Morgan fingerprint density at radius 1 is 1.23 bits per heavy atom. The SMILES string of the molecule is COC[C@H](c1ccnc(NC(=O)[C@@H](NC(=O)OC(C)(C)C)c2ccc(F)c(Cl)c2)c1)N1CC(F)(F)CNC1=O. The number of carbonyl (C=O) groups is 3. The highest BCUT2D eigenvalue weighted by Gasteiger charge is 2.42. The first-order valence-corrected chi connectivity index (χ1v) is 12.2. The summed E-state index contributed by atoms with van der Waals surface area (Å²) in [5.41, 5.74) is -0.350. The van der Waals surface area contributed by atoms with Gasteiger partial charge in [-0.3, -0.25) is 4.79 Å². The molecule has 1 aliphatic rings. The molecule has 1 saturated heterocycles. The smallest absolute Gasteiger partial charge is 0.408 e. The average Bonchev–Trinajstić information content (AvgIpc) is 2.83. The van der Waals surface area contributed by atoms with Gasteiger partial charge in [0.1, 0.15) is 23.3 Å². The number of pyridine rings is 1. The van der Waals surface area contributed by atoms with E-state index in [0.717, 1.165) is 11.0 Å². The van der Waals surface area contributed by atoms with Crippen molar-refractivity contribution in [2.75, 3.05) is 32.1 Å². The first kappa shape index (κ1) is 30.0. The van der Waals surface area contributed by atoms with E-state index in [9.17, 15) is 27.6 Å². The second-order valence-corrected chi connectivity index (χ2v) is 10.2. The maximum Gasteiger partial charge on any atom is 0.408 e. The van der Waals surface area contributed by atoms with Crippen LogP contribution in [0.1, 0.15) is 44.0 Å². The molecule has 2 heterocycles. The number of aromatic nitrogens is 1. The number of ether oxygens (including phenoxy) is 2. The van der Waals surface area contributed by atoms with E-state index >= 15 is 0 Å². The summed E-state index contributed by atoms with van der Waals surface area (Å²) in [5.74, 6) is -4.66. The zero-order valence-corrected chi connectivity index (χ0v) is 22.4. The van der Waals surface area contributed by atoms with Crippen molar-refractivity contribution in [1.29, 1.82) is 0 Å². The molecule has 3 N–H and O–H groups in total. The molecule has 1 aromatic carbocycles. The molecule has 1 fully saturated rings. The summed E-state index contributed by atoms with van der Waals surface area (Å²) in [5, 5.41) is 6.87. The summed E-state index contributed by atoms with van der Waals surface area (Å²) in [6.45, 7) is 3.20. The summed E-state index contributed by atoms with van der Waals surface area (Å²) < 4.78 is 52.3. The van der Waals surface area contributed by atoms with Crippen LogP contribution in [-0.4, -0.2) is 66.2 Å². The van der Waals surface area contributed by atoms with E-state index in [2.05, 4.69) is 20.9 Å². The van der Waals surface area contributed by atoms with Gasteiger partial charge in [-0.1, -0.05) is 17.7 Å². The van der Waals surface area contributed by atoms with Gasteiger partial charge in [0.15, 0.2) is 0 Å². The Bertz CT molecular complexity index is 1230. The Balaban J connectivity index is 1.88. The molecular weight excluding hydrogens is 543 g/mol. The summed E-state index contributed by atoms with van der Waals surface area (Å²) in [4.78, 5) is 43.2. The predicted octanol–water partition coefficient (Wildman–Crippen LogP) is 4.43. The van der Waals surface area contributed by atoms with Crippen LogP contribution in [0.15, 0.2) is 36.5 Å². The van der Waals surface area contributed by atoms with Gasteiger partial charge in [0.25, 0.3) is 11.8 Å². The number of amides is 4. The number of rotatable bonds is 8. The largest absolute Gasteiger partial charge is 0.444 e. The molecule has 2 atom stereocenters. The van der Waals surface area contributed by atoms with Gasteiger partial charge in [0, 0.05) is 13.3 Å². The molecule has 3 rings (SSSR count). The fraction of sp³-hybridized carbons (Fsp3) is 0.440. The predicted molar refractivity (Wildman–Crippen MR) is 136 cm³/mol. The minimum atomic E-state index is -3.15. The summed E-state index contributed by atoms with van der Waals surface area (Å²) in [6.07, 6.45) is 0.403. The first-order valence-electron chi connectivity index (χ1n) is 11.8. The van der Waals surface area contributed by atoms with Gasteiger partial charge in [-0.25, -0.2) is 27.7 Å². The van der Waals surface area contributed by atoms with Crippen LogP contribution in [0.4, 0.5) is 28.6 Å². The van der Waals surface area contributed by atoms with E-state index in [1.807, 2.05) is 0 Å². The monoisotopic (exact) mass is 571 g/mol. The minimum absolute atomic E-state index is 0.00743. The Kier molecular flexibility index (Phi) is 9.28. The molecule has 1 aliphatic heterocycles. The zero-order valence-electron chi connectivity index (χ0n) is 21.7. The highest BCUT2D eigenvalue weighted by atomic mass is 35.5. The second-order valence-electron chi connectivity index (χ2n) is 9.83. The van der Waals surface area contributed by atoms with E-state index in [4.69, 9.17) is 21.1 Å². The van der Waals surface area contributed by atoms with Gasteiger partial charge in [0.2, 0.25) is 0 Å². The number of nitrogens with one attached hydrogen (secondary N) is 3. The van der Waals surface area contributed by atoms with Crippen molar-refractivity contribution in [3.8, 4) is 0 Å². The normalized spacial score (nSPS) is 16.6. The minimum Gasteiger partial charge on any atom is -0.444 e. The molecule has 0 bridgehead atoms. The molecule has 10 nitrogen and oxygen atoms in total. The van der Waals surface area contributed by atoms with Crippen LogP contribution in [-0.2, 0) is 14.3 Å². The number of hydrogen-bond acceptors (Lipinski definition) is 6. The average molecular weight is 572 g/mol. The fourth-order valence-corrected chi connectivity index (χ4v) is 3.99. The third-order valence-corrected chi connectivity index (χ3v) is 5.77. The van der Waals surface area contributed by atoms with Crippen LogP contribution in [0, 0.1) is 5.82 Å². The number of halogens is 4. The number of alkyl carbamates (subject to hydrolysis) is 1. The van der Waals surface area contributed by atoms with Gasteiger partial charge in [-0.2, -0.15) is 0 Å². The number of carbonyl (C=O) groups excluding carboxylic acids is 3. The Hall–Kier alpha value is -3.58. The lowest BCUT2D eigenvalue weighted by atomic mass is 10.0. The highest BCUT2D eigenvalue weighted by Crippen LogP contribution is 2.29. The summed E-state index contributed by atoms with van der Waals surface area (Å²) >= 11 is 5.89. The Morgan fingerprint density at radius 3 is 2.59 bits per heavy atom. The van der Waals surface area contributed by atoms with Crippen LogP contribution in [0.3, 0.4) is 0 Å². The number of nitrogens with zero attached hydrogens (tertiary/aromatic N) is 2. The fourth-order valence-electron chi connectivity index (χ4n) is 3.80. The lowest BCUT2D eigenvalue weighted by Crippen LogP contribution is -2.58.